The summed E-state index contributed by atoms with van der Waals surface area (Å²) in [4.78, 5) is 11.5. The predicted octanol–water partition coefficient (Wildman–Crippen LogP) is 3.80. The van der Waals surface area contributed by atoms with Crippen LogP contribution in [0.5, 0.6) is 0 Å². The van der Waals surface area contributed by atoms with E-state index in [1.165, 1.54) is 0 Å². The summed E-state index contributed by atoms with van der Waals surface area (Å²) in [5.41, 5.74) is 6.28. The van der Waals surface area contributed by atoms with Crippen molar-refractivity contribution >= 4 is 39.1 Å². The highest BCUT2D eigenvalue weighted by molar-refractivity contribution is 9.10. The molecule has 1 aromatic rings. The minimum atomic E-state index is -0.363. The van der Waals surface area contributed by atoms with Gasteiger partial charge in [-0.2, -0.15) is 0 Å². The molecular formula is C13H18BrClN2O. The number of halogens is 2. The maximum Gasteiger partial charge on any atom is 0.240 e. The van der Waals surface area contributed by atoms with E-state index in [9.17, 15) is 4.79 Å². The molecule has 2 atom stereocenters. The molecular weight excluding hydrogens is 316 g/mol. The third-order valence-electron chi connectivity index (χ3n) is 2.86. The van der Waals surface area contributed by atoms with Crippen LogP contribution in [0.25, 0.3) is 0 Å². The van der Waals surface area contributed by atoms with Crippen LogP contribution in [0.3, 0.4) is 0 Å². The first kappa shape index (κ1) is 15.3. The Hall–Kier alpha value is -0.740. The first-order chi connectivity index (χ1) is 8.45. The summed E-state index contributed by atoms with van der Waals surface area (Å²) in [6.07, 6.45) is 1.98. The van der Waals surface area contributed by atoms with Crippen LogP contribution >= 0.6 is 27.5 Å². The van der Waals surface area contributed by atoms with Gasteiger partial charge in [-0.1, -0.05) is 31.9 Å². The van der Waals surface area contributed by atoms with Gasteiger partial charge in [0.25, 0.3) is 0 Å². The van der Waals surface area contributed by atoms with Crippen molar-refractivity contribution < 1.29 is 4.79 Å². The highest BCUT2D eigenvalue weighted by Crippen LogP contribution is 2.26. The minimum absolute atomic E-state index is 0.196. The lowest BCUT2D eigenvalue weighted by Crippen LogP contribution is -2.40. The Morgan fingerprint density at radius 3 is 2.72 bits per heavy atom. The van der Waals surface area contributed by atoms with E-state index in [0.29, 0.717) is 5.02 Å². The van der Waals surface area contributed by atoms with Crippen molar-refractivity contribution in [3.8, 4) is 0 Å². The van der Waals surface area contributed by atoms with Crippen molar-refractivity contribution in [2.24, 2.45) is 11.7 Å². The standard InChI is InChI=1S/C13H18BrClN2O/c1-3-4-8(2)12(13(16)18)17-9-5-6-11(15)10(14)7-9/h5-8,12,17H,3-4H2,1-2H3,(H2,16,18). The van der Waals surface area contributed by atoms with Crippen LogP contribution in [0, 0.1) is 5.92 Å². The third-order valence-corrected chi connectivity index (χ3v) is 4.08. The molecule has 0 bridgehead atoms. The molecule has 0 spiro atoms. The zero-order valence-corrected chi connectivity index (χ0v) is 12.9. The molecule has 0 aromatic heterocycles. The summed E-state index contributed by atoms with van der Waals surface area (Å²) in [6.45, 7) is 4.12. The number of nitrogens with one attached hydrogen (secondary N) is 1. The van der Waals surface area contributed by atoms with Gasteiger partial charge < -0.3 is 11.1 Å². The molecule has 3 nitrogen and oxygen atoms in total. The maximum absolute atomic E-state index is 11.5. The van der Waals surface area contributed by atoms with E-state index in [4.69, 9.17) is 17.3 Å². The molecule has 1 amide bonds. The number of anilines is 1. The molecule has 18 heavy (non-hydrogen) atoms. The summed E-state index contributed by atoms with van der Waals surface area (Å²) >= 11 is 9.28. The average Bonchev–Trinajstić information content (AvgIpc) is 2.30. The van der Waals surface area contributed by atoms with Crippen LogP contribution in [0.4, 0.5) is 5.69 Å². The fourth-order valence-corrected chi connectivity index (χ4v) is 2.38. The minimum Gasteiger partial charge on any atom is -0.373 e. The number of carbonyl (C=O) groups is 1. The molecule has 0 aliphatic carbocycles. The topological polar surface area (TPSA) is 55.1 Å². The monoisotopic (exact) mass is 332 g/mol. The predicted molar refractivity (Wildman–Crippen MR) is 79.8 cm³/mol. The van der Waals surface area contributed by atoms with Crippen LogP contribution in [0.2, 0.25) is 5.02 Å². The van der Waals surface area contributed by atoms with Gasteiger partial charge in [-0.25, -0.2) is 0 Å². The molecule has 3 N–H and O–H groups in total. The van der Waals surface area contributed by atoms with Crippen molar-refractivity contribution in [2.45, 2.75) is 32.7 Å². The number of rotatable bonds is 6. The van der Waals surface area contributed by atoms with Crippen LogP contribution in [-0.4, -0.2) is 11.9 Å². The zero-order chi connectivity index (χ0) is 13.7. The van der Waals surface area contributed by atoms with Gasteiger partial charge in [-0.3, -0.25) is 4.79 Å². The Kier molecular flexibility index (Phi) is 5.96. The van der Waals surface area contributed by atoms with Gasteiger partial charge in [0.15, 0.2) is 0 Å². The lowest BCUT2D eigenvalue weighted by atomic mass is 9.96. The number of nitrogens with two attached hydrogens (primary N) is 1. The molecule has 5 heteroatoms. The number of carbonyl (C=O) groups excluding carboxylic acids is 1. The fourth-order valence-electron chi connectivity index (χ4n) is 1.88. The Morgan fingerprint density at radius 2 is 2.22 bits per heavy atom. The number of hydrogen-bond acceptors (Lipinski definition) is 2. The van der Waals surface area contributed by atoms with Crippen molar-refractivity contribution in [1.29, 1.82) is 0 Å². The van der Waals surface area contributed by atoms with Crippen molar-refractivity contribution in [1.82, 2.24) is 0 Å². The van der Waals surface area contributed by atoms with Gasteiger partial charge in [-0.15, -0.1) is 0 Å². The second kappa shape index (κ2) is 7.00. The van der Waals surface area contributed by atoms with E-state index in [1.54, 1.807) is 6.07 Å². The molecule has 100 valence electrons. The van der Waals surface area contributed by atoms with Gasteiger partial charge in [-0.05, 0) is 46.5 Å². The van der Waals surface area contributed by atoms with Crippen molar-refractivity contribution in [3.63, 3.8) is 0 Å². The SMILES string of the molecule is CCCC(C)C(Nc1ccc(Cl)c(Br)c1)C(N)=O. The molecule has 0 fully saturated rings. The number of primary amides is 1. The number of amides is 1. The van der Waals surface area contributed by atoms with E-state index in [1.807, 2.05) is 19.1 Å². The van der Waals surface area contributed by atoms with Crippen LogP contribution in [0.1, 0.15) is 26.7 Å². The second-order valence-electron chi connectivity index (χ2n) is 4.42. The molecule has 0 aliphatic rings. The Labute approximate surface area is 121 Å². The maximum atomic E-state index is 11.5. The Bertz CT molecular complexity index is 425. The first-order valence-electron chi connectivity index (χ1n) is 5.96. The van der Waals surface area contributed by atoms with Crippen LogP contribution < -0.4 is 11.1 Å². The Morgan fingerprint density at radius 1 is 1.56 bits per heavy atom. The van der Waals surface area contributed by atoms with Crippen molar-refractivity contribution in [3.05, 3.63) is 27.7 Å². The zero-order valence-electron chi connectivity index (χ0n) is 10.5. The second-order valence-corrected chi connectivity index (χ2v) is 5.68. The summed E-state index contributed by atoms with van der Waals surface area (Å²) in [5, 5.41) is 3.80. The van der Waals surface area contributed by atoms with E-state index in [-0.39, 0.29) is 17.9 Å². The fraction of sp³-hybridized carbons (Fsp3) is 0.462. The Balaban J connectivity index is 2.83. The van der Waals surface area contributed by atoms with Gasteiger partial charge in [0.2, 0.25) is 5.91 Å². The highest BCUT2D eigenvalue weighted by Gasteiger charge is 2.22. The first-order valence-corrected chi connectivity index (χ1v) is 7.13. The molecule has 0 saturated heterocycles. The quantitative estimate of drug-likeness (QED) is 0.832. The van der Waals surface area contributed by atoms with E-state index in [2.05, 4.69) is 28.2 Å². The lowest BCUT2D eigenvalue weighted by Gasteiger charge is -2.23. The summed E-state index contributed by atoms with van der Waals surface area (Å²) in [6, 6.07) is 5.09. The molecule has 1 aromatic carbocycles. The summed E-state index contributed by atoms with van der Waals surface area (Å²) in [7, 11) is 0. The largest absolute Gasteiger partial charge is 0.373 e. The molecule has 2 unspecified atom stereocenters. The lowest BCUT2D eigenvalue weighted by molar-refractivity contribution is -0.119. The van der Waals surface area contributed by atoms with Gasteiger partial charge in [0, 0.05) is 10.2 Å². The molecule has 1 rings (SSSR count). The van der Waals surface area contributed by atoms with E-state index in [0.717, 1.165) is 23.0 Å². The molecule has 0 radical (unpaired) electrons. The summed E-state index contributed by atoms with van der Waals surface area (Å²) < 4.78 is 0.792. The van der Waals surface area contributed by atoms with Gasteiger partial charge in [0.05, 0.1) is 5.02 Å². The molecule has 0 aliphatic heterocycles. The number of hydrogen-bond donors (Lipinski definition) is 2. The molecule has 0 heterocycles. The van der Waals surface area contributed by atoms with Crippen LogP contribution in [0.15, 0.2) is 22.7 Å². The third kappa shape index (κ3) is 4.18. The smallest absolute Gasteiger partial charge is 0.240 e. The highest BCUT2D eigenvalue weighted by atomic mass is 79.9. The average molecular weight is 334 g/mol. The van der Waals surface area contributed by atoms with Gasteiger partial charge in [0.1, 0.15) is 6.04 Å². The van der Waals surface area contributed by atoms with Crippen LogP contribution in [-0.2, 0) is 4.79 Å². The molecule has 0 saturated carbocycles. The van der Waals surface area contributed by atoms with Crippen molar-refractivity contribution in [2.75, 3.05) is 5.32 Å². The van der Waals surface area contributed by atoms with E-state index < -0.39 is 0 Å². The van der Waals surface area contributed by atoms with Gasteiger partial charge >= 0.3 is 0 Å². The normalized spacial score (nSPS) is 14.0. The number of benzene rings is 1. The van der Waals surface area contributed by atoms with E-state index >= 15 is 0 Å². The summed E-state index contributed by atoms with van der Waals surface area (Å²) in [5.74, 6) is -0.135.